The van der Waals surface area contributed by atoms with Crippen molar-refractivity contribution in [3.63, 3.8) is 0 Å². The summed E-state index contributed by atoms with van der Waals surface area (Å²) in [5.74, 6) is 0.167. The van der Waals surface area contributed by atoms with Crippen molar-refractivity contribution >= 4 is 17.1 Å². The number of aromatic nitrogens is 3. The first-order valence-electron chi connectivity index (χ1n) is 8.96. The molecule has 1 N–H and O–H groups in total. The Morgan fingerprint density at radius 2 is 1.92 bits per heavy atom. The van der Waals surface area contributed by atoms with Gasteiger partial charge in [0.2, 0.25) is 5.91 Å². The van der Waals surface area contributed by atoms with Gasteiger partial charge in [-0.15, -0.1) is 0 Å². The van der Waals surface area contributed by atoms with Crippen LogP contribution in [0.3, 0.4) is 0 Å². The molecule has 2 aromatic heterocycles. The molecule has 1 aliphatic carbocycles. The highest BCUT2D eigenvalue weighted by molar-refractivity contribution is 5.76. The van der Waals surface area contributed by atoms with Crippen molar-refractivity contribution in [1.82, 2.24) is 19.9 Å². The molecule has 1 amide bonds. The smallest absolute Gasteiger partial charge is 0.220 e. The summed E-state index contributed by atoms with van der Waals surface area (Å²) in [6.45, 7) is 0. The third-order valence-corrected chi connectivity index (χ3v) is 4.88. The Hall–Kier alpha value is -2.69. The first-order chi connectivity index (χ1) is 12.3. The van der Waals surface area contributed by atoms with Gasteiger partial charge in [0, 0.05) is 24.3 Å². The second-order valence-electron chi connectivity index (χ2n) is 6.68. The van der Waals surface area contributed by atoms with Gasteiger partial charge in [0.15, 0.2) is 5.65 Å². The fourth-order valence-electron chi connectivity index (χ4n) is 3.49. The number of aryl methyl sites for hydroxylation is 1. The van der Waals surface area contributed by atoms with Crippen LogP contribution in [0.4, 0.5) is 0 Å². The lowest BCUT2D eigenvalue weighted by atomic mass is 10.1. The topological polar surface area (TPSA) is 59.8 Å². The highest BCUT2D eigenvalue weighted by Gasteiger charge is 2.16. The summed E-state index contributed by atoms with van der Waals surface area (Å²) in [6, 6.07) is 12.5. The molecule has 0 spiro atoms. The van der Waals surface area contributed by atoms with Crippen LogP contribution in [0.2, 0.25) is 0 Å². The van der Waals surface area contributed by atoms with Crippen molar-refractivity contribution in [1.29, 1.82) is 0 Å². The molecule has 1 fully saturated rings. The van der Waals surface area contributed by atoms with Crippen LogP contribution in [-0.4, -0.2) is 26.5 Å². The molecule has 0 unspecified atom stereocenters. The number of imidazole rings is 1. The molecule has 0 atom stereocenters. The number of nitrogens with one attached hydrogen (secondary N) is 1. The number of hydrogen-bond donors (Lipinski definition) is 1. The van der Waals surface area contributed by atoms with E-state index in [1.807, 2.05) is 16.7 Å². The van der Waals surface area contributed by atoms with Crippen molar-refractivity contribution in [2.45, 2.75) is 44.6 Å². The molecule has 0 bridgehead atoms. The summed E-state index contributed by atoms with van der Waals surface area (Å²) in [7, 11) is 0. The molecule has 0 saturated heterocycles. The lowest BCUT2D eigenvalue weighted by molar-refractivity contribution is -0.121. The van der Waals surface area contributed by atoms with Crippen LogP contribution < -0.4 is 5.32 Å². The average Bonchev–Trinajstić information content (AvgIpc) is 3.30. The number of hydrogen-bond acceptors (Lipinski definition) is 3. The summed E-state index contributed by atoms with van der Waals surface area (Å²) in [6.07, 6.45) is 9.63. The van der Waals surface area contributed by atoms with Crippen molar-refractivity contribution in [2.24, 2.45) is 0 Å². The lowest BCUT2D eigenvalue weighted by Crippen LogP contribution is -2.32. The first-order valence-corrected chi connectivity index (χ1v) is 8.96. The Morgan fingerprint density at radius 3 is 2.72 bits per heavy atom. The van der Waals surface area contributed by atoms with Crippen LogP contribution in [0.15, 0.2) is 48.9 Å². The molecule has 3 aromatic rings. The number of rotatable bonds is 5. The first kappa shape index (κ1) is 15.8. The van der Waals surface area contributed by atoms with Crippen LogP contribution in [0.5, 0.6) is 0 Å². The Labute approximate surface area is 147 Å². The molecule has 2 heterocycles. The van der Waals surface area contributed by atoms with E-state index in [1.165, 1.54) is 18.4 Å². The van der Waals surface area contributed by atoms with Crippen molar-refractivity contribution in [2.75, 3.05) is 0 Å². The molecule has 1 aromatic carbocycles. The molecular weight excluding hydrogens is 312 g/mol. The van der Waals surface area contributed by atoms with E-state index >= 15 is 0 Å². The van der Waals surface area contributed by atoms with Crippen LogP contribution in [0.25, 0.3) is 16.9 Å². The maximum absolute atomic E-state index is 12.0. The number of nitrogens with zero attached hydrogens (tertiary/aromatic N) is 3. The second kappa shape index (κ2) is 7.05. The minimum atomic E-state index is 0.167. The summed E-state index contributed by atoms with van der Waals surface area (Å²) in [4.78, 5) is 20.8. The quantitative estimate of drug-likeness (QED) is 0.778. The number of carbonyl (C=O) groups excluding carboxylic acids is 1. The third kappa shape index (κ3) is 3.55. The van der Waals surface area contributed by atoms with Gasteiger partial charge in [-0.2, -0.15) is 0 Å². The normalized spacial score (nSPS) is 14.9. The van der Waals surface area contributed by atoms with E-state index in [0.29, 0.717) is 12.5 Å². The summed E-state index contributed by atoms with van der Waals surface area (Å²) in [5.41, 5.74) is 3.93. The standard InChI is InChI=1S/C20H22N4O/c25-19(23-16-4-1-2-5-16)12-9-15-7-10-17(11-8-15)24-14-22-18-6-3-13-21-20(18)24/h3,6-8,10-11,13-14,16H,1-2,4-5,9,12H2,(H,23,25). The van der Waals surface area contributed by atoms with E-state index in [-0.39, 0.29) is 5.91 Å². The van der Waals surface area contributed by atoms with Crippen molar-refractivity contribution < 1.29 is 4.79 Å². The average molecular weight is 334 g/mol. The number of benzene rings is 1. The largest absolute Gasteiger partial charge is 0.353 e. The number of pyridine rings is 1. The predicted octanol–water partition coefficient (Wildman–Crippen LogP) is 3.41. The summed E-state index contributed by atoms with van der Waals surface area (Å²) < 4.78 is 1.98. The van der Waals surface area contributed by atoms with E-state index < -0.39 is 0 Å². The second-order valence-corrected chi connectivity index (χ2v) is 6.68. The van der Waals surface area contributed by atoms with E-state index in [1.54, 1.807) is 12.5 Å². The van der Waals surface area contributed by atoms with Gasteiger partial charge in [-0.05, 0) is 49.1 Å². The predicted molar refractivity (Wildman–Crippen MR) is 97.6 cm³/mol. The minimum Gasteiger partial charge on any atom is -0.353 e. The highest BCUT2D eigenvalue weighted by atomic mass is 16.1. The van der Waals surface area contributed by atoms with Crippen molar-refractivity contribution in [3.8, 4) is 5.69 Å². The van der Waals surface area contributed by atoms with Crippen LogP contribution in [0.1, 0.15) is 37.7 Å². The van der Waals surface area contributed by atoms with E-state index in [4.69, 9.17) is 0 Å². The summed E-state index contributed by atoms with van der Waals surface area (Å²) >= 11 is 0. The zero-order chi connectivity index (χ0) is 17.1. The Balaban J connectivity index is 1.39. The number of amides is 1. The Morgan fingerprint density at radius 1 is 1.12 bits per heavy atom. The van der Waals surface area contributed by atoms with Gasteiger partial charge in [0.1, 0.15) is 11.8 Å². The van der Waals surface area contributed by atoms with Gasteiger partial charge in [-0.1, -0.05) is 25.0 Å². The Kier molecular flexibility index (Phi) is 4.46. The van der Waals surface area contributed by atoms with Gasteiger partial charge < -0.3 is 5.32 Å². The Bertz CT molecular complexity index is 863. The number of fused-ring (bicyclic) bond motifs is 1. The molecular formula is C20H22N4O. The van der Waals surface area contributed by atoms with Crippen LogP contribution >= 0.6 is 0 Å². The summed E-state index contributed by atoms with van der Waals surface area (Å²) in [5, 5.41) is 3.14. The van der Waals surface area contributed by atoms with Crippen molar-refractivity contribution in [3.05, 3.63) is 54.5 Å². The zero-order valence-electron chi connectivity index (χ0n) is 14.2. The molecule has 25 heavy (non-hydrogen) atoms. The van der Waals surface area contributed by atoms with Gasteiger partial charge in [-0.3, -0.25) is 9.36 Å². The molecule has 128 valence electrons. The fourth-order valence-corrected chi connectivity index (χ4v) is 3.49. The molecule has 0 aliphatic heterocycles. The molecule has 5 heteroatoms. The van der Waals surface area contributed by atoms with Gasteiger partial charge in [0.05, 0.1) is 0 Å². The van der Waals surface area contributed by atoms with E-state index in [2.05, 4.69) is 39.6 Å². The molecule has 5 nitrogen and oxygen atoms in total. The van der Waals surface area contributed by atoms with Crippen LogP contribution in [0, 0.1) is 0 Å². The van der Waals surface area contributed by atoms with Gasteiger partial charge in [-0.25, -0.2) is 9.97 Å². The third-order valence-electron chi connectivity index (χ3n) is 4.88. The SMILES string of the molecule is O=C(CCc1ccc(-n2cnc3cccnc32)cc1)NC1CCCC1. The molecule has 1 aliphatic rings. The van der Waals surface area contributed by atoms with Gasteiger partial charge in [0.25, 0.3) is 0 Å². The van der Waals surface area contributed by atoms with Gasteiger partial charge >= 0.3 is 0 Å². The monoisotopic (exact) mass is 334 g/mol. The minimum absolute atomic E-state index is 0.167. The van der Waals surface area contributed by atoms with Crippen LogP contribution in [-0.2, 0) is 11.2 Å². The highest BCUT2D eigenvalue weighted by Crippen LogP contribution is 2.19. The maximum Gasteiger partial charge on any atom is 0.220 e. The molecule has 4 rings (SSSR count). The number of carbonyl (C=O) groups is 1. The van der Waals surface area contributed by atoms with E-state index in [0.717, 1.165) is 36.1 Å². The molecule has 0 radical (unpaired) electrons. The zero-order valence-corrected chi connectivity index (χ0v) is 14.2. The fraction of sp³-hybridized carbons (Fsp3) is 0.350. The lowest BCUT2D eigenvalue weighted by Gasteiger charge is -2.11. The molecule has 1 saturated carbocycles. The maximum atomic E-state index is 12.0. The van der Waals surface area contributed by atoms with E-state index in [9.17, 15) is 4.79 Å².